The first-order valence-corrected chi connectivity index (χ1v) is 8.97. The number of aromatic hydroxyl groups is 2. The molecule has 142 valence electrons. The molecule has 3 rings (SSSR count). The normalized spacial score (nSPS) is 16.7. The van der Waals surface area contributed by atoms with Crippen molar-refractivity contribution >= 4 is 40.6 Å². The second-order valence-corrected chi connectivity index (χ2v) is 6.82. The van der Waals surface area contributed by atoms with Crippen molar-refractivity contribution in [1.82, 2.24) is 4.90 Å². The first-order chi connectivity index (χ1) is 13.4. The molecule has 0 bridgehead atoms. The number of carbonyl (C=O) groups is 2. The van der Waals surface area contributed by atoms with Gasteiger partial charge in [0.25, 0.3) is 5.91 Å². The van der Waals surface area contributed by atoms with Crippen LogP contribution in [0.5, 0.6) is 11.5 Å². The Kier molecular flexibility index (Phi) is 5.51. The lowest BCUT2D eigenvalue weighted by atomic mass is 10.2. The van der Waals surface area contributed by atoms with E-state index in [-0.39, 0.29) is 23.8 Å². The minimum atomic E-state index is -1.24. The minimum Gasteiger partial charge on any atom is -0.508 e. The number of phenolic OH excluding ortho intramolecular Hbond substituents is 1. The van der Waals surface area contributed by atoms with Gasteiger partial charge in [-0.3, -0.25) is 9.69 Å². The summed E-state index contributed by atoms with van der Waals surface area (Å²) in [6.07, 6.45) is 3.26. The number of carbonyl (C=O) groups excluding carboxylic acids is 1. The summed E-state index contributed by atoms with van der Waals surface area (Å²) in [5.41, 5.74) is 0.838. The van der Waals surface area contributed by atoms with Crippen LogP contribution in [0.3, 0.4) is 0 Å². The van der Waals surface area contributed by atoms with Crippen molar-refractivity contribution in [2.75, 3.05) is 6.54 Å². The first kappa shape index (κ1) is 19.2. The first-order valence-electron chi connectivity index (χ1n) is 8.15. The SMILES string of the molecule is C=CCN1C(=O)/C(=C/c2ccc(O)cc2)SC1=Nc1ccc(C(=O)O)c(O)c1. The van der Waals surface area contributed by atoms with E-state index in [2.05, 4.69) is 11.6 Å². The molecular formula is C20H16N2O5S. The van der Waals surface area contributed by atoms with Crippen molar-refractivity contribution in [1.29, 1.82) is 0 Å². The average molecular weight is 396 g/mol. The summed E-state index contributed by atoms with van der Waals surface area (Å²) in [4.78, 5) is 30.0. The van der Waals surface area contributed by atoms with Crippen molar-refractivity contribution < 1.29 is 24.9 Å². The molecule has 28 heavy (non-hydrogen) atoms. The predicted octanol–water partition coefficient (Wildman–Crippen LogP) is 3.59. The molecule has 8 heteroatoms. The standard InChI is InChI=1S/C20H16N2O5S/c1-2-9-22-18(25)17(10-12-3-6-14(23)7-4-12)28-20(22)21-13-5-8-15(19(26)27)16(24)11-13/h2-8,10-11,23-24H,1,9H2,(H,26,27)/b17-10-,21-20?. The molecule has 0 radical (unpaired) electrons. The zero-order chi connectivity index (χ0) is 20.3. The zero-order valence-electron chi connectivity index (χ0n) is 14.6. The van der Waals surface area contributed by atoms with Gasteiger partial charge in [0.1, 0.15) is 17.1 Å². The molecule has 1 saturated heterocycles. The van der Waals surface area contributed by atoms with Crippen LogP contribution in [0.4, 0.5) is 5.69 Å². The number of aliphatic imine (C=N–C) groups is 1. The molecule has 1 amide bonds. The number of hydrogen-bond acceptors (Lipinski definition) is 6. The molecule has 0 unspecified atom stereocenters. The average Bonchev–Trinajstić information content (AvgIpc) is 2.92. The lowest BCUT2D eigenvalue weighted by Crippen LogP contribution is -2.29. The van der Waals surface area contributed by atoms with E-state index in [4.69, 9.17) is 5.11 Å². The molecule has 7 nitrogen and oxygen atoms in total. The van der Waals surface area contributed by atoms with E-state index in [1.54, 1.807) is 24.3 Å². The summed E-state index contributed by atoms with van der Waals surface area (Å²) < 4.78 is 0. The molecule has 2 aromatic carbocycles. The van der Waals surface area contributed by atoms with Gasteiger partial charge in [0.15, 0.2) is 5.17 Å². The summed E-state index contributed by atoms with van der Waals surface area (Å²) in [6, 6.07) is 10.4. The number of thioether (sulfide) groups is 1. The smallest absolute Gasteiger partial charge is 0.339 e. The van der Waals surface area contributed by atoms with Gasteiger partial charge in [0, 0.05) is 12.6 Å². The van der Waals surface area contributed by atoms with E-state index in [0.29, 0.717) is 15.8 Å². The third-order valence-corrected chi connectivity index (χ3v) is 4.83. The number of carboxylic acids is 1. The number of hydrogen-bond donors (Lipinski definition) is 3. The van der Waals surface area contributed by atoms with E-state index in [9.17, 15) is 19.8 Å². The number of rotatable bonds is 5. The lowest BCUT2D eigenvalue weighted by Gasteiger charge is -2.12. The summed E-state index contributed by atoms with van der Waals surface area (Å²) in [5.74, 6) is -1.76. The van der Waals surface area contributed by atoms with E-state index in [1.807, 2.05) is 0 Å². The number of amides is 1. The number of aromatic carboxylic acids is 1. The van der Waals surface area contributed by atoms with Crippen LogP contribution in [0.25, 0.3) is 6.08 Å². The molecule has 2 aromatic rings. The van der Waals surface area contributed by atoms with Crippen LogP contribution in [-0.4, -0.2) is 43.8 Å². The highest BCUT2D eigenvalue weighted by Crippen LogP contribution is 2.35. The molecule has 3 N–H and O–H groups in total. The molecule has 1 heterocycles. The number of carboxylic acid groups (broad SMARTS) is 1. The van der Waals surface area contributed by atoms with Crippen LogP contribution in [0.15, 0.2) is 65.0 Å². The number of benzene rings is 2. The van der Waals surface area contributed by atoms with Gasteiger partial charge in [-0.05, 0) is 47.7 Å². The van der Waals surface area contributed by atoms with Gasteiger partial charge in [-0.1, -0.05) is 18.2 Å². The highest BCUT2D eigenvalue weighted by atomic mass is 32.2. The van der Waals surface area contributed by atoms with Crippen molar-refractivity contribution in [2.24, 2.45) is 4.99 Å². The second kappa shape index (κ2) is 8.01. The number of nitrogens with zero attached hydrogens (tertiary/aromatic N) is 2. The highest BCUT2D eigenvalue weighted by Gasteiger charge is 2.32. The van der Waals surface area contributed by atoms with Crippen molar-refractivity contribution in [2.45, 2.75) is 0 Å². The van der Waals surface area contributed by atoms with Gasteiger partial charge in [0.05, 0.1) is 10.6 Å². The fraction of sp³-hybridized carbons (Fsp3) is 0.0500. The van der Waals surface area contributed by atoms with Crippen molar-refractivity contribution in [3.05, 3.63) is 71.2 Å². The fourth-order valence-electron chi connectivity index (χ4n) is 2.48. The van der Waals surface area contributed by atoms with Crippen LogP contribution in [0.2, 0.25) is 0 Å². The summed E-state index contributed by atoms with van der Waals surface area (Å²) in [6.45, 7) is 3.90. The second-order valence-electron chi connectivity index (χ2n) is 5.81. The van der Waals surface area contributed by atoms with E-state index in [1.165, 1.54) is 35.2 Å². The summed E-state index contributed by atoms with van der Waals surface area (Å²) >= 11 is 1.16. The van der Waals surface area contributed by atoms with Crippen LogP contribution < -0.4 is 0 Å². The Hall–Kier alpha value is -3.52. The van der Waals surface area contributed by atoms with Gasteiger partial charge in [-0.15, -0.1) is 6.58 Å². The lowest BCUT2D eigenvalue weighted by molar-refractivity contribution is -0.121. The maximum Gasteiger partial charge on any atom is 0.339 e. The number of phenols is 2. The third kappa shape index (κ3) is 4.07. The Labute approximate surface area is 165 Å². The maximum atomic E-state index is 12.7. The van der Waals surface area contributed by atoms with Gasteiger partial charge in [-0.2, -0.15) is 0 Å². The zero-order valence-corrected chi connectivity index (χ0v) is 15.4. The molecule has 0 saturated carbocycles. The molecular weight excluding hydrogens is 380 g/mol. The van der Waals surface area contributed by atoms with E-state index >= 15 is 0 Å². The Morgan fingerprint density at radius 3 is 2.50 bits per heavy atom. The van der Waals surface area contributed by atoms with E-state index in [0.717, 1.165) is 17.3 Å². The van der Waals surface area contributed by atoms with Gasteiger partial charge >= 0.3 is 5.97 Å². The Morgan fingerprint density at radius 2 is 1.89 bits per heavy atom. The van der Waals surface area contributed by atoms with Crippen LogP contribution >= 0.6 is 11.8 Å². The molecule has 0 aromatic heterocycles. The maximum absolute atomic E-state index is 12.7. The predicted molar refractivity (Wildman–Crippen MR) is 108 cm³/mol. The molecule has 1 fully saturated rings. The monoisotopic (exact) mass is 396 g/mol. The van der Waals surface area contributed by atoms with Crippen molar-refractivity contribution in [3.63, 3.8) is 0 Å². The Bertz CT molecular complexity index is 1010. The van der Waals surface area contributed by atoms with Crippen LogP contribution in [0.1, 0.15) is 15.9 Å². The number of amidine groups is 1. The van der Waals surface area contributed by atoms with E-state index < -0.39 is 11.7 Å². The molecule has 0 atom stereocenters. The third-order valence-electron chi connectivity index (χ3n) is 3.83. The molecule has 1 aliphatic heterocycles. The van der Waals surface area contributed by atoms with Crippen LogP contribution in [-0.2, 0) is 4.79 Å². The molecule has 1 aliphatic rings. The largest absolute Gasteiger partial charge is 0.508 e. The topological polar surface area (TPSA) is 110 Å². The van der Waals surface area contributed by atoms with Crippen LogP contribution in [0, 0.1) is 0 Å². The molecule has 0 spiro atoms. The van der Waals surface area contributed by atoms with Gasteiger partial charge < -0.3 is 15.3 Å². The highest BCUT2D eigenvalue weighted by molar-refractivity contribution is 8.18. The van der Waals surface area contributed by atoms with Gasteiger partial charge in [0.2, 0.25) is 0 Å². The quantitative estimate of drug-likeness (QED) is 0.526. The Balaban J connectivity index is 1.95. The molecule has 0 aliphatic carbocycles. The van der Waals surface area contributed by atoms with Crippen molar-refractivity contribution in [3.8, 4) is 11.5 Å². The summed E-state index contributed by atoms with van der Waals surface area (Å²) in [7, 11) is 0. The fourth-order valence-corrected chi connectivity index (χ4v) is 3.49. The Morgan fingerprint density at radius 1 is 1.18 bits per heavy atom. The minimum absolute atomic E-state index is 0.132. The summed E-state index contributed by atoms with van der Waals surface area (Å²) in [5, 5.41) is 28.6. The van der Waals surface area contributed by atoms with Gasteiger partial charge in [-0.25, -0.2) is 9.79 Å².